The topological polar surface area (TPSA) is 95.1 Å². The van der Waals surface area contributed by atoms with Crippen molar-refractivity contribution in [3.8, 4) is 5.75 Å². The quantitative estimate of drug-likeness (QED) is 0.486. The number of hydrogen-bond donors (Lipinski definition) is 1. The maximum atomic E-state index is 13.0. The van der Waals surface area contributed by atoms with Gasteiger partial charge in [-0.05, 0) is 49.2 Å². The van der Waals surface area contributed by atoms with Crippen LogP contribution in [0.3, 0.4) is 0 Å². The summed E-state index contributed by atoms with van der Waals surface area (Å²) in [6.45, 7) is 4.29. The fraction of sp³-hybridized carbons (Fsp3) is 0.182. The molecule has 0 atom stereocenters. The molecule has 1 amide bonds. The monoisotopic (exact) mass is 421 g/mol. The average Bonchev–Trinajstić information content (AvgIpc) is 3.35. The van der Waals surface area contributed by atoms with E-state index in [2.05, 4.69) is 20.6 Å². The van der Waals surface area contributed by atoms with Crippen LogP contribution < -0.4 is 10.1 Å². The van der Waals surface area contributed by atoms with Gasteiger partial charge in [0.1, 0.15) is 30.3 Å². The van der Waals surface area contributed by atoms with Crippen LogP contribution in [0.4, 0.5) is 10.3 Å². The van der Waals surface area contributed by atoms with Gasteiger partial charge >= 0.3 is 0 Å². The highest BCUT2D eigenvalue weighted by molar-refractivity contribution is 6.02. The number of amides is 1. The van der Waals surface area contributed by atoms with E-state index >= 15 is 0 Å². The van der Waals surface area contributed by atoms with Gasteiger partial charge in [0.15, 0.2) is 5.69 Å². The first-order chi connectivity index (χ1) is 15.0. The van der Waals surface area contributed by atoms with Crippen molar-refractivity contribution in [2.45, 2.75) is 27.0 Å². The number of hydrogen-bond acceptors (Lipinski definition) is 6. The van der Waals surface area contributed by atoms with Crippen molar-refractivity contribution in [1.29, 1.82) is 0 Å². The molecule has 0 aliphatic rings. The van der Waals surface area contributed by atoms with Crippen molar-refractivity contribution in [3.63, 3.8) is 0 Å². The molecule has 31 heavy (non-hydrogen) atoms. The number of rotatable bonds is 7. The first kappa shape index (κ1) is 20.3. The molecular formula is C22H20FN5O3. The largest absolute Gasteiger partial charge is 0.489 e. The zero-order valence-electron chi connectivity index (χ0n) is 17.0. The molecule has 158 valence electrons. The molecule has 0 fully saturated rings. The molecule has 0 saturated heterocycles. The highest BCUT2D eigenvalue weighted by Crippen LogP contribution is 2.19. The third-order valence-corrected chi connectivity index (χ3v) is 4.75. The molecule has 8 nitrogen and oxygen atoms in total. The molecule has 1 N–H and O–H groups in total. The summed E-state index contributed by atoms with van der Waals surface area (Å²) in [6.07, 6.45) is 1.55. The number of aryl methyl sites for hydroxylation is 2. The molecule has 2 aromatic carbocycles. The maximum absolute atomic E-state index is 13.0. The Morgan fingerprint density at radius 2 is 1.94 bits per heavy atom. The Bertz CT molecular complexity index is 1200. The van der Waals surface area contributed by atoms with Crippen LogP contribution in [-0.2, 0) is 13.2 Å². The maximum Gasteiger partial charge on any atom is 0.280 e. The molecular weight excluding hydrogens is 401 g/mol. The molecule has 0 radical (unpaired) electrons. The smallest absolute Gasteiger partial charge is 0.280 e. The lowest BCUT2D eigenvalue weighted by Gasteiger charge is -2.06. The summed E-state index contributed by atoms with van der Waals surface area (Å²) in [5.74, 6) is 0.200. The standard InChI is InChI=1S/C22H20FN5O3/c1-14-5-3-4-6-16(14)11-28-13-24-22(26-28)25-21(29)20-19(15(2)31-27-20)12-30-18-9-7-17(23)8-10-18/h3-10,13H,11-12H2,1-2H3,(H,25,26,29). The molecule has 0 unspecified atom stereocenters. The molecule has 0 bridgehead atoms. The predicted octanol–water partition coefficient (Wildman–Crippen LogP) is 3.90. The van der Waals surface area contributed by atoms with Crippen molar-refractivity contribution in [3.05, 3.63) is 88.8 Å². The Morgan fingerprint density at radius 1 is 1.16 bits per heavy atom. The third-order valence-electron chi connectivity index (χ3n) is 4.75. The fourth-order valence-corrected chi connectivity index (χ4v) is 2.98. The summed E-state index contributed by atoms with van der Waals surface area (Å²) in [7, 11) is 0. The Morgan fingerprint density at radius 3 is 2.71 bits per heavy atom. The molecule has 2 heterocycles. The van der Waals surface area contributed by atoms with Gasteiger partial charge in [0.05, 0.1) is 12.1 Å². The van der Waals surface area contributed by atoms with Crippen LogP contribution in [0.5, 0.6) is 5.75 Å². The molecule has 0 aliphatic carbocycles. The number of ether oxygens (including phenoxy) is 1. The van der Waals surface area contributed by atoms with Crippen LogP contribution >= 0.6 is 0 Å². The molecule has 4 rings (SSSR count). The number of nitrogens with one attached hydrogen (secondary N) is 1. The molecule has 2 aromatic heterocycles. The number of carbonyl (C=O) groups is 1. The second-order valence-electron chi connectivity index (χ2n) is 6.95. The van der Waals surface area contributed by atoms with Gasteiger partial charge in [-0.15, -0.1) is 5.10 Å². The van der Waals surface area contributed by atoms with E-state index in [4.69, 9.17) is 9.26 Å². The number of aromatic nitrogens is 4. The Balaban J connectivity index is 1.43. The number of halogens is 1. The SMILES string of the molecule is Cc1ccccc1Cn1cnc(NC(=O)c2noc(C)c2COc2ccc(F)cc2)n1. The molecule has 0 aliphatic heterocycles. The van der Waals surface area contributed by atoms with Crippen molar-refractivity contribution in [2.24, 2.45) is 0 Å². The predicted molar refractivity (Wildman–Crippen MR) is 110 cm³/mol. The summed E-state index contributed by atoms with van der Waals surface area (Å²) >= 11 is 0. The minimum absolute atomic E-state index is 0.0405. The van der Waals surface area contributed by atoms with Crippen LogP contribution in [0.15, 0.2) is 59.4 Å². The number of nitrogens with zero attached hydrogens (tertiary/aromatic N) is 4. The van der Waals surface area contributed by atoms with Crippen molar-refractivity contribution in [2.75, 3.05) is 5.32 Å². The van der Waals surface area contributed by atoms with E-state index < -0.39 is 5.91 Å². The molecule has 4 aromatic rings. The van der Waals surface area contributed by atoms with Gasteiger partial charge < -0.3 is 9.26 Å². The van der Waals surface area contributed by atoms with Gasteiger partial charge in [-0.1, -0.05) is 29.4 Å². The summed E-state index contributed by atoms with van der Waals surface area (Å²) in [5, 5.41) is 10.8. The van der Waals surface area contributed by atoms with Crippen LogP contribution in [0, 0.1) is 19.7 Å². The van der Waals surface area contributed by atoms with E-state index in [9.17, 15) is 9.18 Å². The van der Waals surface area contributed by atoms with Gasteiger partial charge in [0.2, 0.25) is 5.95 Å². The zero-order chi connectivity index (χ0) is 21.8. The lowest BCUT2D eigenvalue weighted by atomic mass is 10.1. The van der Waals surface area contributed by atoms with E-state index in [0.717, 1.165) is 11.1 Å². The molecule has 0 saturated carbocycles. The normalized spacial score (nSPS) is 10.8. The van der Waals surface area contributed by atoms with Gasteiger partial charge in [0, 0.05) is 0 Å². The van der Waals surface area contributed by atoms with E-state index in [1.165, 1.54) is 24.3 Å². The zero-order valence-corrected chi connectivity index (χ0v) is 17.0. The van der Waals surface area contributed by atoms with Crippen molar-refractivity contribution in [1.82, 2.24) is 19.9 Å². The highest BCUT2D eigenvalue weighted by Gasteiger charge is 2.21. The Hall–Kier alpha value is -4.01. The Kier molecular flexibility index (Phi) is 5.74. The van der Waals surface area contributed by atoms with Crippen LogP contribution in [0.25, 0.3) is 0 Å². The van der Waals surface area contributed by atoms with Crippen LogP contribution in [-0.4, -0.2) is 25.8 Å². The number of anilines is 1. The lowest BCUT2D eigenvalue weighted by molar-refractivity contribution is 0.101. The second kappa shape index (κ2) is 8.78. The molecule has 0 spiro atoms. The van der Waals surface area contributed by atoms with E-state index in [-0.39, 0.29) is 24.1 Å². The minimum atomic E-state index is -0.511. The first-order valence-corrected chi connectivity index (χ1v) is 9.58. The molecule has 9 heteroatoms. The van der Waals surface area contributed by atoms with Gasteiger partial charge in [0.25, 0.3) is 5.91 Å². The van der Waals surface area contributed by atoms with Crippen LogP contribution in [0.1, 0.15) is 32.9 Å². The highest BCUT2D eigenvalue weighted by atomic mass is 19.1. The van der Waals surface area contributed by atoms with E-state index in [1.807, 2.05) is 31.2 Å². The van der Waals surface area contributed by atoms with Gasteiger partial charge in [-0.2, -0.15) is 0 Å². The number of benzene rings is 2. The van der Waals surface area contributed by atoms with Crippen LogP contribution in [0.2, 0.25) is 0 Å². The summed E-state index contributed by atoms with van der Waals surface area (Å²) in [5.41, 5.74) is 2.82. The average molecular weight is 421 g/mol. The fourth-order valence-electron chi connectivity index (χ4n) is 2.98. The third kappa shape index (κ3) is 4.77. The Labute approximate surface area is 177 Å². The summed E-state index contributed by atoms with van der Waals surface area (Å²) < 4.78 is 25.5. The lowest BCUT2D eigenvalue weighted by Crippen LogP contribution is -2.16. The first-order valence-electron chi connectivity index (χ1n) is 9.58. The summed E-state index contributed by atoms with van der Waals surface area (Å²) in [4.78, 5) is 16.8. The summed E-state index contributed by atoms with van der Waals surface area (Å²) in [6, 6.07) is 13.6. The van der Waals surface area contributed by atoms with Crippen molar-refractivity contribution >= 4 is 11.9 Å². The van der Waals surface area contributed by atoms with Gasteiger partial charge in [-0.25, -0.2) is 14.1 Å². The second-order valence-corrected chi connectivity index (χ2v) is 6.95. The van der Waals surface area contributed by atoms with E-state index in [0.29, 0.717) is 23.6 Å². The number of carbonyl (C=O) groups excluding carboxylic acids is 1. The van der Waals surface area contributed by atoms with E-state index in [1.54, 1.807) is 17.9 Å². The minimum Gasteiger partial charge on any atom is -0.489 e. The van der Waals surface area contributed by atoms with Crippen molar-refractivity contribution < 1.29 is 18.4 Å². The van der Waals surface area contributed by atoms with Gasteiger partial charge in [-0.3, -0.25) is 10.1 Å².